The third-order valence-corrected chi connectivity index (χ3v) is 4.81. The van der Waals surface area contributed by atoms with Crippen molar-refractivity contribution in [2.75, 3.05) is 16.8 Å². The first-order valence-electron chi connectivity index (χ1n) is 7.85. The lowest BCUT2D eigenvalue weighted by Crippen LogP contribution is -2.28. The van der Waals surface area contributed by atoms with Crippen molar-refractivity contribution < 1.29 is 9.59 Å². The van der Waals surface area contributed by atoms with E-state index in [0.29, 0.717) is 17.8 Å². The lowest BCUT2D eigenvalue weighted by atomic mass is 10.1. The number of amides is 2. The standard InChI is InChI=1S/C19H16BrN3O2/c1-12-2-7-17(16(20)8-12)23-11-14(9-18(23)24)19(25)22-15-5-3-13(10-21)4-6-15/h2-8,14H,9,11H2,1H3,(H,22,25). The van der Waals surface area contributed by atoms with Gasteiger partial charge < -0.3 is 10.2 Å². The van der Waals surface area contributed by atoms with Crippen LogP contribution in [0.3, 0.4) is 0 Å². The molecule has 0 spiro atoms. The highest BCUT2D eigenvalue weighted by Gasteiger charge is 2.35. The quantitative estimate of drug-likeness (QED) is 0.859. The molecule has 0 aliphatic carbocycles. The third-order valence-electron chi connectivity index (χ3n) is 4.17. The molecular weight excluding hydrogens is 382 g/mol. The Hall–Kier alpha value is -2.65. The van der Waals surface area contributed by atoms with Crippen molar-refractivity contribution in [3.05, 3.63) is 58.1 Å². The first kappa shape index (κ1) is 17.2. The predicted molar refractivity (Wildman–Crippen MR) is 99.1 cm³/mol. The maximum absolute atomic E-state index is 12.5. The van der Waals surface area contributed by atoms with E-state index in [1.165, 1.54) is 0 Å². The van der Waals surface area contributed by atoms with Gasteiger partial charge in [0.1, 0.15) is 0 Å². The fourth-order valence-corrected chi connectivity index (χ4v) is 3.53. The van der Waals surface area contributed by atoms with Crippen LogP contribution in [-0.2, 0) is 9.59 Å². The van der Waals surface area contributed by atoms with E-state index in [1.54, 1.807) is 29.2 Å². The molecule has 25 heavy (non-hydrogen) atoms. The van der Waals surface area contributed by atoms with Crippen molar-refractivity contribution in [3.63, 3.8) is 0 Å². The zero-order chi connectivity index (χ0) is 18.0. The molecule has 6 heteroatoms. The maximum Gasteiger partial charge on any atom is 0.229 e. The fourth-order valence-electron chi connectivity index (χ4n) is 2.82. The average molecular weight is 398 g/mol. The van der Waals surface area contributed by atoms with E-state index in [2.05, 4.69) is 21.2 Å². The molecule has 1 saturated heterocycles. The van der Waals surface area contributed by atoms with Crippen LogP contribution in [0, 0.1) is 24.2 Å². The predicted octanol–water partition coefficient (Wildman–Crippen LogP) is 3.62. The minimum absolute atomic E-state index is 0.0652. The van der Waals surface area contributed by atoms with Crippen LogP contribution in [0.2, 0.25) is 0 Å². The second-order valence-corrected chi connectivity index (χ2v) is 6.89. The summed E-state index contributed by atoms with van der Waals surface area (Å²) in [6.07, 6.45) is 0.183. The minimum Gasteiger partial charge on any atom is -0.326 e. The molecule has 0 saturated carbocycles. The smallest absolute Gasteiger partial charge is 0.229 e. The Balaban J connectivity index is 1.71. The number of anilines is 2. The van der Waals surface area contributed by atoms with E-state index >= 15 is 0 Å². The van der Waals surface area contributed by atoms with Crippen LogP contribution in [-0.4, -0.2) is 18.4 Å². The summed E-state index contributed by atoms with van der Waals surface area (Å²) in [5, 5.41) is 11.6. The highest BCUT2D eigenvalue weighted by Crippen LogP contribution is 2.32. The Labute approximate surface area is 154 Å². The van der Waals surface area contributed by atoms with Gasteiger partial charge in [-0.15, -0.1) is 0 Å². The fraction of sp³-hybridized carbons (Fsp3) is 0.211. The van der Waals surface area contributed by atoms with E-state index in [0.717, 1.165) is 15.7 Å². The van der Waals surface area contributed by atoms with Gasteiger partial charge in [-0.05, 0) is 64.8 Å². The Morgan fingerprint density at radius 3 is 2.64 bits per heavy atom. The Bertz CT molecular complexity index is 871. The summed E-state index contributed by atoms with van der Waals surface area (Å²) in [5.74, 6) is -0.662. The second kappa shape index (κ2) is 7.08. The van der Waals surface area contributed by atoms with Crippen LogP contribution in [0.1, 0.15) is 17.5 Å². The molecular formula is C19H16BrN3O2. The number of rotatable bonds is 3. The number of nitrogens with one attached hydrogen (secondary N) is 1. The molecule has 1 aliphatic rings. The Morgan fingerprint density at radius 2 is 2.00 bits per heavy atom. The number of nitrogens with zero attached hydrogens (tertiary/aromatic N) is 2. The number of nitriles is 1. The molecule has 5 nitrogen and oxygen atoms in total. The van der Waals surface area contributed by atoms with Crippen molar-refractivity contribution in [1.29, 1.82) is 5.26 Å². The van der Waals surface area contributed by atoms with Crippen molar-refractivity contribution >= 4 is 39.1 Å². The zero-order valence-electron chi connectivity index (χ0n) is 13.6. The van der Waals surface area contributed by atoms with Crippen LogP contribution >= 0.6 is 15.9 Å². The number of carbonyl (C=O) groups is 2. The Kier molecular flexibility index (Phi) is 4.86. The van der Waals surface area contributed by atoms with Crippen molar-refractivity contribution in [2.45, 2.75) is 13.3 Å². The number of benzene rings is 2. The van der Waals surface area contributed by atoms with E-state index in [-0.39, 0.29) is 18.2 Å². The molecule has 1 aliphatic heterocycles. The van der Waals surface area contributed by atoms with E-state index in [1.807, 2.05) is 31.2 Å². The summed E-state index contributed by atoms with van der Waals surface area (Å²) >= 11 is 3.49. The van der Waals surface area contributed by atoms with Crippen molar-refractivity contribution in [3.8, 4) is 6.07 Å². The summed E-state index contributed by atoms with van der Waals surface area (Å²) in [6, 6.07) is 14.5. The normalized spacial score (nSPS) is 16.6. The van der Waals surface area contributed by atoms with Gasteiger partial charge in [0.25, 0.3) is 0 Å². The van der Waals surface area contributed by atoms with Gasteiger partial charge in [0, 0.05) is 23.1 Å². The molecule has 3 rings (SSSR count). The molecule has 2 aromatic rings. The average Bonchev–Trinajstić information content (AvgIpc) is 2.97. The second-order valence-electron chi connectivity index (χ2n) is 6.04. The number of carbonyl (C=O) groups excluding carboxylic acids is 2. The summed E-state index contributed by atoms with van der Waals surface area (Å²) in [5.41, 5.74) is 3.03. The largest absolute Gasteiger partial charge is 0.326 e. The molecule has 0 aromatic heterocycles. The Morgan fingerprint density at radius 1 is 1.28 bits per heavy atom. The van der Waals surface area contributed by atoms with Gasteiger partial charge in [-0.1, -0.05) is 6.07 Å². The van der Waals surface area contributed by atoms with E-state index in [4.69, 9.17) is 5.26 Å². The number of aryl methyl sites for hydroxylation is 1. The lowest BCUT2D eigenvalue weighted by molar-refractivity contribution is -0.122. The van der Waals surface area contributed by atoms with Crippen LogP contribution in [0.5, 0.6) is 0 Å². The van der Waals surface area contributed by atoms with E-state index in [9.17, 15) is 9.59 Å². The number of halogens is 1. The molecule has 126 valence electrons. The van der Waals surface area contributed by atoms with Gasteiger partial charge in [0.15, 0.2) is 0 Å². The molecule has 1 heterocycles. The van der Waals surface area contributed by atoms with Gasteiger partial charge in [-0.25, -0.2) is 0 Å². The SMILES string of the molecule is Cc1ccc(N2CC(C(=O)Nc3ccc(C#N)cc3)CC2=O)c(Br)c1. The van der Waals surface area contributed by atoms with Gasteiger partial charge in [-0.3, -0.25) is 9.59 Å². The molecule has 1 atom stereocenters. The number of hydrogen-bond acceptors (Lipinski definition) is 3. The summed E-state index contributed by atoms with van der Waals surface area (Å²) < 4.78 is 0.842. The van der Waals surface area contributed by atoms with Crippen molar-refractivity contribution in [1.82, 2.24) is 0 Å². The summed E-state index contributed by atoms with van der Waals surface area (Å²) in [4.78, 5) is 26.5. The lowest BCUT2D eigenvalue weighted by Gasteiger charge is -2.18. The van der Waals surface area contributed by atoms with Crippen LogP contribution in [0.4, 0.5) is 11.4 Å². The third kappa shape index (κ3) is 3.72. The first-order chi connectivity index (χ1) is 12.0. The van der Waals surface area contributed by atoms with Gasteiger partial charge in [0.2, 0.25) is 11.8 Å². The molecule has 1 unspecified atom stereocenters. The molecule has 0 bridgehead atoms. The molecule has 2 aromatic carbocycles. The van der Waals surface area contributed by atoms with E-state index < -0.39 is 5.92 Å². The first-order valence-corrected chi connectivity index (χ1v) is 8.65. The zero-order valence-corrected chi connectivity index (χ0v) is 15.2. The minimum atomic E-state index is -0.406. The maximum atomic E-state index is 12.5. The molecule has 1 fully saturated rings. The molecule has 2 amide bonds. The van der Waals surface area contributed by atoms with Crippen molar-refractivity contribution in [2.24, 2.45) is 5.92 Å². The van der Waals surface area contributed by atoms with Gasteiger partial charge >= 0.3 is 0 Å². The topological polar surface area (TPSA) is 73.2 Å². The monoisotopic (exact) mass is 397 g/mol. The highest BCUT2D eigenvalue weighted by atomic mass is 79.9. The summed E-state index contributed by atoms with van der Waals surface area (Å²) in [6.45, 7) is 2.33. The highest BCUT2D eigenvalue weighted by molar-refractivity contribution is 9.10. The molecule has 1 N–H and O–H groups in total. The van der Waals surface area contributed by atoms with Crippen LogP contribution in [0.25, 0.3) is 0 Å². The van der Waals surface area contributed by atoms with Crippen LogP contribution < -0.4 is 10.2 Å². The number of hydrogen-bond donors (Lipinski definition) is 1. The van der Waals surface area contributed by atoms with Gasteiger partial charge in [0.05, 0.1) is 23.2 Å². The molecule has 0 radical (unpaired) electrons. The van der Waals surface area contributed by atoms with Crippen LogP contribution in [0.15, 0.2) is 46.9 Å². The summed E-state index contributed by atoms with van der Waals surface area (Å²) in [7, 11) is 0. The van der Waals surface area contributed by atoms with Gasteiger partial charge in [-0.2, -0.15) is 5.26 Å².